The van der Waals surface area contributed by atoms with E-state index in [1.807, 2.05) is 50.2 Å². The van der Waals surface area contributed by atoms with Crippen molar-refractivity contribution in [2.24, 2.45) is 0 Å². The Kier molecular flexibility index (Phi) is 9.86. The minimum Gasteiger partial charge on any atom is -0.492 e. The van der Waals surface area contributed by atoms with E-state index >= 15 is 0 Å². The number of hydrogen-bond donors (Lipinski definition) is 2. The summed E-state index contributed by atoms with van der Waals surface area (Å²) in [4.78, 5) is 6.24. The Morgan fingerprint density at radius 3 is 2.44 bits per heavy atom. The topological polar surface area (TPSA) is 65.8 Å². The predicted molar refractivity (Wildman–Crippen MR) is 142 cm³/mol. The zero-order valence-electron chi connectivity index (χ0n) is 20.8. The molecule has 1 aliphatic heterocycles. The Morgan fingerprint density at radius 1 is 1.11 bits per heavy atom. The third-order valence-corrected chi connectivity index (χ3v) is 6.21. The molecule has 0 spiro atoms. The molecule has 1 aromatic heterocycles. The second kappa shape index (κ2) is 12.8. The highest BCUT2D eigenvalue weighted by Gasteiger charge is 2.35. The van der Waals surface area contributed by atoms with Gasteiger partial charge in [-0.3, -0.25) is 4.90 Å². The SMILES string of the molecule is CC.C[C@@]1(O)CCN(CCOc2ccc(C#Cc3ncc(-c4ccc(Cl)cc4)cc3F)cc2)CC1O. The first-order valence-corrected chi connectivity index (χ1v) is 12.5. The van der Waals surface area contributed by atoms with Crippen LogP contribution in [0.1, 0.15) is 38.4 Å². The van der Waals surface area contributed by atoms with E-state index in [1.165, 1.54) is 6.07 Å². The van der Waals surface area contributed by atoms with Crippen molar-refractivity contribution in [1.82, 2.24) is 9.88 Å². The van der Waals surface area contributed by atoms with Crippen LogP contribution in [0.2, 0.25) is 5.02 Å². The van der Waals surface area contributed by atoms with Crippen molar-refractivity contribution in [2.75, 3.05) is 26.2 Å². The number of benzene rings is 2. The van der Waals surface area contributed by atoms with Gasteiger partial charge in [-0.25, -0.2) is 9.37 Å². The molecule has 190 valence electrons. The number of aliphatic hydroxyl groups is 2. The fourth-order valence-electron chi connectivity index (χ4n) is 3.68. The van der Waals surface area contributed by atoms with Crippen LogP contribution in [0.25, 0.3) is 11.1 Å². The number of piperidine rings is 1. The van der Waals surface area contributed by atoms with Crippen molar-refractivity contribution in [3.63, 3.8) is 0 Å². The van der Waals surface area contributed by atoms with Crippen molar-refractivity contribution in [2.45, 2.75) is 38.9 Å². The van der Waals surface area contributed by atoms with Crippen molar-refractivity contribution in [3.05, 3.63) is 82.9 Å². The van der Waals surface area contributed by atoms with Gasteiger partial charge in [0, 0.05) is 42.0 Å². The Morgan fingerprint density at radius 2 is 1.81 bits per heavy atom. The summed E-state index contributed by atoms with van der Waals surface area (Å²) < 4.78 is 20.3. The molecule has 0 radical (unpaired) electrons. The number of halogens is 2. The van der Waals surface area contributed by atoms with E-state index in [1.54, 1.807) is 25.3 Å². The smallest absolute Gasteiger partial charge is 0.158 e. The maximum atomic E-state index is 14.5. The summed E-state index contributed by atoms with van der Waals surface area (Å²) in [7, 11) is 0. The Bertz CT molecular complexity index is 1190. The molecule has 1 unspecified atom stereocenters. The van der Waals surface area contributed by atoms with Crippen LogP contribution in [0.3, 0.4) is 0 Å². The van der Waals surface area contributed by atoms with Gasteiger partial charge in [0.05, 0.1) is 11.7 Å². The predicted octanol–water partition coefficient (Wildman–Crippen LogP) is 5.16. The van der Waals surface area contributed by atoms with Crippen LogP contribution >= 0.6 is 11.6 Å². The van der Waals surface area contributed by atoms with Gasteiger partial charge in [-0.15, -0.1) is 0 Å². The summed E-state index contributed by atoms with van der Waals surface area (Å²) >= 11 is 5.90. The monoisotopic (exact) mass is 510 g/mol. The molecule has 36 heavy (non-hydrogen) atoms. The standard InChI is InChI=1S/C27H26ClFN2O3.C2H6/c1-27(33)12-13-31(18-26(27)32)14-15-34-23-9-2-19(3-10-23)4-11-25-24(29)16-21(17-30-25)20-5-7-22(28)8-6-20;1-2/h2-3,5-10,16-17,26,32-33H,12-15,18H2,1H3;1-2H3/t26?,27-;/m1./s1. The molecule has 2 N–H and O–H groups in total. The van der Waals surface area contributed by atoms with Crippen LogP contribution in [-0.2, 0) is 0 Å². The molecular formula is C29H32ClFN2O3. The number of ether oxygens (including phenoxy) is 1. The highest BCUT2D eigenvalue weighted by atomic mass is 35.5. The molecule has 1 saturated heterocycles. The normalized spacial score (nSPS) is 19.5. The highest BCUT2D eigenvalue weighted by Crippen LogP contribution is 2.23. The van der Waals surface area contributed by atoms with Crippen molar-refractivity contribution >= 4 is 11.6 Å². The molecule has 1 aliphatic rings. The van der Waals surface area contributed by atoms with Crippen LogP contribution in [0, 0.1) is 17.7 Å². The molecule has 0 bridgehead atoms. The van der Waals surface area contributed by atoms with Crippen molar-refractivity contribution in [3.8, 4) is 28.7 Å². The number of aromatic nitrogens is 1. The molecule has 2 aromatic carbocycles. The first-order valence-electron chi connectivity index (χ1n) is 12.1. The van der Waals surface area contributed by atoms with Crippen LogP contribution in [-0.4, -0.2) is 58.0 Å². The molecule has 4 rings (SSSR count). The summed E-state index contributed by atoms with van der Waals surface area (Å²) in [5.41, 5.74) is 1.27. The van der Waals surface area contributed by atoms with Gasteiger partial charge in [0.1, 0.15) is 18.1 Å². The molecule has 3 aromatic rings. The largest absolute Gasteiger partial charge is 0.492 e. The molecule has 2 heterocycles. The van der Waals surface area contributed by atoms with E-state index in [4.69, 9.17) is 16.3 Å². The number of β-amino-alcohol motifs (C(OH)–C–C–N with tert-alkyl or cyclic N) is 1. The average molecular weight is 511 g/mol. The number of likely N-dealkylation sites (tertiary alicyclic amines) is 1. The molecule has 7 heteroatoms. The third kappa shape index (κ3) is 7.52. The average Bonchev–Trinajstić information content (AvgIpc) is 2.88. The van der Waals surface area contributed by atoms with Gasteiger partial charge in [-0.2, -0.15) is 0 Å². The molecule has 0 amide bonds. The zero-order valence-corrected chi connectivity index (χ0v) is 21.6. The second-order valence-corrected chi connectivity index (χ2v) is 9.04. The highest BCUT2D eigenvalue weighted by molar-refractivity contribution is 6.30. The fraction of sp³-hybridized carbons (Fsp3) is 0.345. The van der Waals surface area contributed by atoms with Crippen LogP contribution in [0.5, 0.6) is 5.75 Å². The van der Waals surface area contributed by atoms with Gasteiger partial charge in [-0.1, -0.05) is 43.5 Å². The van der Waals surface area contributed by atoms with Crippen LogP contribution in [0.4, 0.5) is 4.39 Å². The summed E-state index contributed by atoms with van der Waals surface area (Å²) in [6, 6.07) is 15.8. The van der Waals surface area contributed by atoms with Gasteiger partial charge >= 0.3 is 0 Å². The van der Waals surface area contributed by atoms with Gasteiger partial charge in [0.15, 0.2) is 5.82 Å². The zero-order chi connectivity index (χ0) is 26.1. The van der Waals surface area contributed by atoms with E-state index in [-0.39, 0.29) is 5.69 Å². The summed E-state index contributed by atoms with van der Waals surface area (Å²) in [6.45, 7) is 7.93. The summed E-state index contributed by atoms with van der Waals surface area (Å²) in [5.74, 6) is 5.93. The molecule has 0 aliphatic carbocycles. The number of aliphatic hydroxyl groups excluding tert-OH is 1. The lowest BCUT2D eigenvalue weighted by molar-refractivity contribution is -0.108. The Balaban J connectivity index is 0.00000176. The number of rotatable bonds is 5. The summed E-state index contributed by atoms with van der Waals surface area (Å²) in [5, 5.41) is 20.7. The maximum absolute atomic E-state index is 14.5. The lowest BCUT2D eigenvalue weighted by Gasteiger charge is -2.39. The number of pyridine rings is 1. The van der Waals surface area contributed by atoms with Crippen molar-refractivity contribution in [1.29, 1.82) is 0 Å². The fourth-order valence-corrected chi connectivity index (χ4v) is 3.80. The van der Waals surface area contributed by atoms with E-state index in [0.29, 0.717) is 49.0 Å². The first kappa shape index (κ1) is 27.6. The third-order valence-electron chi connectivity index (χ3n) is 5.96. The van der Waals surface area contributed by atoms with Crippen molar-refractivity contribution < 1.29 is 19.3 Å². The van der Waals surface area contributed by atoms with Gasteiger partial charge in [-0.05, 0) is 67.3 Å². The lowest BCUT2D eigenvalue weighted by atomic mass is 9.91. The minimum absolute atomic E-state index is 0.0840. The molecular weight excluding hydrogens is 479 g/mol. The van der Waals surface area contributed by atoms with Crippen LogP contribution in [0.15, 0.2) is 60.8 Å². The quantitative estimate of drug-likeness (QED) is 0.464. The molecule has 2 atom stereocenters. The number of nitrogens with zero attached hydrogens (tertiary/aromatic N) is 2. The number of hydrogen-bond acceptors (Lipinski definition) is 5. The van der Waals surface area contributed by atoms with Gasteiger partial charge < -0.3 is 14.9 Å². The van der Waals surface area contributed by atoms with Gasteiger partial charge in [0.2, 0.25) is 0 Å². The Hall–Kier alpha value is -2.95. The second-order valence-electron chi connectivity index (χ2n) is 8.61. The first-order chi connectivity index (χ1) is 17.3. The Labute approximate surface area is 217 Å². The minimum atomic E-state index is -1.02. The lowest BCUT2D eigenvalue weighted by Crippen LogP contribution is -2.54. The van der Waals surface area contributed by atoms with E-state index in [0.717, 1.165) is 11.1 Å². The van der Waals surface area contributed by atoms with E-state index in [9.17, 15) is 14.6 Å². The van der Waals surface area contributed by atoms with Gasteiger partial charge in [0.25, 0.3) is 0 Å². The molecule has 1 fully saturated rings. The molecule has 0 saturated carbocycles. The van der Waals surface area contributed by atoms with Crippen LogP contribution < -0.4 is 4.74 Å². The molecule has 5 nitrogen and oxygen atoms in total. The van der Waals surface area contributed by atoms with E-state index in [2.05, 4.69) is 21.7 Å². The maximum Gasteiger partial charge on any atom is 0.158 e. The summed E-state index contributed by atoms with van der Waals surface area (Å²) in [6.07, 6.45) is 1.36. The van der Waals surface area contributed by atoms with E-state index < -0.39 is 17.5 Å².